The van der Waals surface area contributed by atoms with Crippen LogP contribution in [0, 0.1) is 6.92 Å². The predicted molar refractivity (Wildman–Crippen MR) is 113 cm³/mol. The zero-order valence-electron chi connectivity index (χ0n) is 17.1. The molecular weight excluding hydrogens is 358 g/mol. The van der Waals surface area contributed by atoms with Crippen molar-refractivity contribution in [1.29, 1.82) is 0 Å². The molecule has 0 aromatic heterocycles. The monoisotopic (exact) mass is 387 g/mol. The molecule has 0 fully saturated rings. The van der Waals surface area contributed by atoms with Crippen LogP contribution in [0.15, 0.2) is 42.5 Å². The number of amides is 1. The van der Waals surface area contributed by atoms with Crippen LogP contribution >= 0.6 is 11.6 Å². The summed E-state index contributed by atoms with van der Waals surface area (Å²) in [6, 6.07) is 13.8. The van der Waals surface area contributed by atoms with E-state index in [-0.39, 0.29) is 17.4 Å². The molecule has 2 atom stereocenters. The molecule has 0 aliphatic heterocycles. The minimum absolute atomic E-state index is 0.0869. The Bertz CT molecular complexity index is 778. The van der Waals surface area contributed by atoms with Crippen molar-refractivity contribution in [1.82, 2.24) is 5.32 Å². The van der Waals surface area contributed by atoms with Crippen LogP contribution in [0.1, 0.15) is 63.8 Å². The smallest absolute Gasteiger partial charge is 0.261 e. The zero-order chi connectivity index (χ0) is 20.2. The third kappa shape index (κ3) is 5.74. The minimum atomic E-state index is -0.540. The average molecular weight is 388 g/mol. The maximum Gasteiger partial charge on any atom is 0.261 e. The fourth-order valence-electron chi connectivity index (χ4n) is 2.84. The standard InChI is InChI=1S/C23H30ClNO2/c1-7-21(27-19-12-13-20(24)15(2)14-19)22(26)25-16(3)17-8-10-18(11-9-17)23(4,5)6/h8-14,16,21H,7H2,1-6H3,(H,25,26)/t16-,21+/m1/s1. The Hall–Kier alpha value is -2.00. The van der Waals surface area contributed by atoms with Crippen LogP contribution in [0.4, 0.5) is 0 Å². The number of hydrogen-bond donors (Lipinski definition) is 1. The van der Waals surface area contributed by atoms with E-state index in [1.807, 2.05) is 26.8 Å². The van der Waals surface area contributed by atoms with Gasteiger partial charge in [0.05, 0.1) is 6.04 Å². The highest BCUT2D eigenvalue weighted by atomic mass is 35.5. The molecule has 0 spiro atoms. The molecule has 2 rings (SSSR count). The van der Waals surface area contributed by atoms with Gasteiger partial charge in [-0.3, -0.25) is 4.79 Å². The number of nitrogens with one attached hydrogen (secondary N) is 1. The molecule has 0 saturated carbocycles. The SMILES string of the molecule is CC[C@H](Oc1ccc(Cl)c(C)c1)C(=O)N[C@H](C)c1ccc(C(C)(C)C)cc1. The van der Waals surface area contributed by atoms with E-state index in [2.05, 4.69) is 50.4 Å². The number of halogens is 1. The van der Waals surface area contributed by atoms with E-state index in [0.29, 0.717) is 17.2 Å². The average Bonchev–Trinajstić information content (AvgIpc) is 2.61. The molecule has 2 aromatic carbocycles. The van der Waals surface area contributed by atoms with Gasteiger partial charge in [0.1, 0.15) is 5.75 Å². The first-order valence-corrected chi connectivity index (χ1v) is 9.83. The van der Waals surface area contributed by atoms with Gasteiger partial charge in [0, 0.05) is 5.02 Å². The summed E-state index contributed by atoms with van der Waals surface area (Å²) in [6.45, 7) is 12.4. The molecule has 0 heterocycles. The van der Waals surface area contributed by atoms with Gasteiger partial charge in [0.25, 0.3) is 5.91 Å². The van der Waals surface area contributed by atoms with Gasteiger partial charge in [-0.1, -0.05) is 63.6 Å². The summed E-state index contributed by atoms with van der Waals surface area (Å²) in [5, 5.41) is 3.75. The highest BCUT2D eigenvalue weighted by Gasteiger charge is 2.21. The zero-order valence-corrected chi connectivity index (χ0v) is 17.9. The highest BCUT2D eigenvalue weighted by Crippen LogP contribution is 2.25. The first-order chi connectivity index (χ1) is 12.6. The maximum atomic E-state index is 12.7. The van der Waals surface area contributed by atoms with Gasteiger partial charge in [-0.05, 0) is 60.6 Å². The largest absolute Gasteiger partial charge is 0.481 e. The first-order valence-electron chi connectivity index (χ1n) is 9.45. The number of benzene rings is 2. The summed E-state index contributed by atoms with van der Waals surface area (Å²) in [4.78, 5) is 12.7. The highest BCUT2D eigenvalue weighted by molar-refractivity contribution is 6.31. The molecule has 0 radical (unpaired) electrons. The molecule has 0 saturated heterocycles. The molecule has 0 bridgehead atoms. The van der Waals surface area contributed by atoms with Gasteiger partial charge < -0.3 is 10.1 Å². The van der Waals surface area contributed by atoms with Crippen LogP contribution in [-0.2, 0) is 10.2 Å². The number of carbonyl (C=O) groups excluding carboxylic acids is 1. The third-order valence-corrected chi connectivity index (χ3v) is 5.13. The van der Waals surface area contributed by atoms with Crippen molar-refractivity contribution in [3.8, 4) is 5.75 Å². The van der Waals surface area contributed by atoms with Crippen LogP contribution < -0.4 is 10.1 Å². The van der Waals surface area contributed by atoms with Gasteiger partial charge in [-0.15, -0.1) is 0 Å². The van der Waals surface area contributed by atoms with Gasteiger partial charge in [0.15, 0.2) is 6.10 Å². The first kappa shape index (κ1) is 21.3. The van der Waals surface area contributed by atoms with Crippen LogP contribution in [-0.4, -0.2) is 12.0 Å². The number of ether oxygens (including phenoxy) is 1. The summed E-state index contributed by atoms with van der Waals surface area (Å²) in [5.41, 5.74) is 3.39. The van der Waals surface area contributed by atoms with E-state index < -0.39 is 6.10 Å². The van der Waals surface area contributed by atoms with E-state index in [0.717, 1.165) is 11.1 Å². The fraction of sp³-hybridized carbons (Fsp3) is 0.435. The molecule has 1 N–H and O–H groups in total. The van der Waals surface area contributed by atoms with Crippen molar-refractivity contribution in [3.05, 3.63) is 64.2 Å². The topological polar surface area (TPSA) is 38.3 Å². The number of rotatable bonds is 6. The van der Waals surface area contributed by atoms with E-state index >= 15 is 0 Å². The molecule has 4 heteroatoms. The van der Waals surface area contributed by atoms with Gasteiger partial charge in [-0.2, -0.15) is 0 Å². The molecule has 146 valence electrons. The Morgan fingerprint density at radius 2 is 1.78 bits per heavy atom. The third-order valence-electron chi connectivity index (χ3n) is 4.71. The van der Waals surface area contributed by atoms with E-state index in [9.17, 15) is 4.79 Å². The molecule has 0 unspecified atom stereocenters. The van der Waals surface area contributed by atoms with Crippen LogP contribution in [0.5, 0.6) is 5.75 Å². The van der Waals surface area contributed by atoms with Crippen LogP contribution in [0.3, 0.4) is 0 Å². The summed E-state index contributed by atoms with van der Waals surface area (Å²) >= 11 is 6.05. The maximum absolute atomic E-state index is 12.7. The lowest BCUT2D eigenvalue weighted by atomic mass is 9.86. The second-order valence-corrected chi connectivity index (χ2v) is 8.44. The van der Waals surface area contributed by atoms with Crippen molar-refractivity contribution in [2.24, 2.45) is 0 Å². The van der Waals surface area contributed by atoms with E-state index in [4.69, 9.17) is 16.3 Å². The number of aryl methyl sites for hydroxylation is 1. The minimum Gasteiger partial charge on any atom is -0.481 e. The summed E-state index contributed by atoms with van der Waals surface area (Å²) < 4.78 is 5.89. The Morgan fingerprint density at radius 3 is 2.30 bits per heavy atom. The van der Waals surface area contributed by atoms with Crippen molar-refractivity contribution < 1.29 is 9.53 Å². The second kappa shape index (κ2) is 8.79. The lowest BCUT2D eigenvalue weighted by Gasteiger charge is -2.23. The molecule has 1 amide bonds. The Balaban J connectivity index is 2.03. The van der Waals surface area contributed by atoms with Gasteiger partial charge in [0.2, 0.25) is 0 Å². The Labute approximate surface area is 168 Å². The van der Waals surface area contributed by atoms with Gasteiger partial charge in [-0.25, -0.2) is 0 Å². The number of hydrogen-bond acceptors (Lipinski definition) is 2. The Morgan fingerprint density at radius 1 is 1.15 bits per heavy atom. The molecule has 27 heavy (non-hydrogen) atoms. The van der Waals surface area contributed by atoms with Crippen LogP contribution in [0.25, 0.3) is 0 Å². The van der Waals surface area contributed by atoms with Crippen molar-refractivity contribution in [3.63, 3.8) is 0 Å². The molecular formula is C23H30ClNO2. The quantitative estimate of drug-likeness (QED) is 0.661. The normalized spacial score (nSPS) is 13.7. The van der Waals surface area contributed by atoms with E-state index in [1.54, 1.807) is 12.1 Å². The van der Waals surface area contributed by atoms with Gasteiger partial charge >= 0.3 is 0 Å². The lowest BCUT2D eigenvalue weighted by molar-refractivity contribution is -0.128. The number of carbonyl (C=O) groups is 1. The molecule has 3 nitrogen and oxygen atoms in total. The lowest BCUT2D eigenvalue weighted by Crippen LogP contribution is -2.39. The predicted octanol–water partition coefficient (Wildman–Crippen LogP) is 5.98. The fourth-order valence-corrected chi connectivity index (χ4v) is 2.96. The Kier molecular flexibility index (Phi) is 6.94. The van der Waals surface area contributed by atoms with Crippen molar-refractivity contribution in [2.75, 3.05) is 0 Å². The second-order valence-electron chi connectivity index (χ2n) is 8.03. The summed E-state index contributed by atoms with van der Waals surface area (Å²) in [6.07, 6.45) is 0.0466. The van der Waals surface area contributed by atoms with E-state index in [1.165, 1.54) is 5.56 Å². The van der Waals surface area contributed by atoms with Crippen molar-refractivity contribution in [2.45, 2.75) is 65.5 Å². The molecule has 2 aromatic rings. The van der Waals surface area contributed by atoms with Crippen LogP contribution in [0.2, 0.25) is 5.02 Å². The summed E-state index contributed by atoms with van der Waals surface area (Å²) in [5.74, 6) is 0.540. The molecule has 0 aliphatic carbocycles. The summed E-state index contributed by atoms with van der Waals surface area (Å²) in [7, 11) is 0. The van der Waals surface area contributed by atoms with Crippen molar-refractivity contribution >= 4 is 17.5 Å². The molecule has 0 aliphatic rings.